The van der Waals surface area contributed by atoms with Crippen LogP contribution in [0, 0.1) is 0 Å². The Labute approximate surface area is 110 Å². The van der Waals surface area contributed by atoms with Crippen LogP contribution in [0.25, 0.3) is 0 Å². The third kappa shape index (κ3) is 5.69. The van der Waals surface area contributed by atoms with Crippen molar-refractivity contribution in [3.05, 3.63) is 0 Å². The summed E-state index contributed by atoms with van der Waals surface area (Å²) < 4.78 is 10.4. The molecule has 0 aliphatic carbocycles. The van der Waals surface area contributed by atoms with E-state index in [0.29, 0.717) is 6.04 Å². The van der Waals surface area contributed by atoms with Crippen LogP contribution in [0.2, 0.25) is 0 Å². The van der Waals surface area contributed by atoms with Gasteiger partial charge in [-0.15, -0.1) is 0 Å². The van der Waals surface area contributed by atoms with Gasteiger partial charge in [-0.25, -0.2) is 4.79 Å². The molecule has 5 heteroatoms. The molecule has 0 spiro atoms. The molecule has 1 aliphatic rings. The van der Waals surface area contributed by atoms with E-state index in [0.717, 1.165) is 39.1 Å². The molecular formula is C13H26N2O3. The summed E-state index contributed by atoms with van der Waals surface area (Å²) in [5, 5.41) is 3.42. The fourth-order valence-electron chi connectivity index (χ4n) is 1.99. The van der Waals surface area contributed by atoms with E-state index >= 15 is 0 Å². The van der Waals surface area contributed by atoms with Gasteiger partial charge in [-0.3, -0.25) is 0 Å². The van der Waals surface area contributed by atoms with Crippen molar-refractivity contribution in [2.45, 2.75) is 45.3 Å². The van der Waals surface area contributed by atoms with Gasteiger partial charge in [0.1, 0.15) is 5.60 Å². The molecule has 1 amide bonds. The van der Waals surface area contributed by atoms with Gasteiger partial charge in [0.15, 0.2) is 0 Å². The van der Waals surface area contributed by atoms with E-state index in [-0.39, 0.29) is 6.09 Å². The van der Waals surface area contributed by atoms with E-state index in [2.05, 4.69) is 5.32 Å². The predicted molar refractivity (Wildman–Crippen MR) is 70.7 cm³/mol. The molecular weight excluding hydrogens is 232 g/mol. The lowest BCUT2D eigenvalue weighted by molar-refractivity contribution is 0.0190. The molecule has 0 saturated carbocycles. The van der Waals surface area contributed by atoms with Crippen LogP contribution in [-0.4, -0.2) is 56.0 Å². The predicted octanol–water partition coefficient (Wildman–Crippen LogP) is 1.62. The molecule has 0 aromatic carbocycles. The normalized spacial score (nSPS) is 20.9. The summed E-state index contributed by atoms with van der Waals surface area (Å²) in [5.74, 6) is 0. The Morgan fingerprint density at radius 1 is 1.44 bits per heavy atom. The van der Waals surface area contributed by atoms with Crippen LogP contribution in [0.4, 0.5) is 4.79 Å². The second-order valence-electron chi connectivity index (χ2n) is 5.71. The van der Waals surface area contributed by atoms with Crippen molar-refractivity contribution in [1.29, 1.82) is 0 Å². The molecule has 1 heterocycles. The lowest BCUT2D eigenvalue weighted by Gasteiger charge is -2.34. The molecule has 1 N–H and O–H groups in total. The van der Waals surface area contributed by atoms with Crippen molar-refractivity contribution < 1.29 is 14.3 Å². The zero-order valence-electron chi connectivity index (χ0n) is 12.0. The number of nitrogens with zero attached hydrogens (tertiary/aromatic N) is 1. The molecule has 1 saturated heterocycles. The molecule has 1 rings (SSSR count). The number of hydrogen-bond acceptors (Lipinski definition) is 4. The van der Waals surface area contributed by atoms with Gasteiger partial charge in [-0.2, -0.15) is 0 Å². The summed E-state index contributed by atoms with van der Waals surface area (Å²) in [4.78, 5) is 13.7. The first kappa shape index (κ1) is 15.2. The fourth-order valence-corrected chi connectivity index (χ4v) is 1.99. The van der Waals surface area contributed by atoms with Crippen molar-refractivity contribution in [2.24, 2.45) is 0 Å². The highest BCUT2D eigenvalue weighted by atomic mass is 16.6. The summed E-state index contributed by atoms with van der Waals surface area (Å²) in [6.45, 7) is 8.71. The zero-order valence-corrected chi connectivity index (χ0v) is 12.0. The highest BCUT2D eigenvalue weighted by molar-refractivity contribution is 5.68. The lowest BCUT2D eigenvalue weighted by Crippen LogP contribution is -2.53. The van der Waals surface area contributed by atoms with Crippen LogP contribution < -0.4 is 5.32 Å². The topological polar surface area (TPSA) is 50.8 Å². The summed E-state index contributed by atoms with van der Waals surface area (Å²) in [7, 11) is 1.71. The zero-order chi connectivity index (χ0) is 13.6. The molecule has 1 atom stereocenters. The molecule has 0 aromatic heterocycles. The largest absolute Gasteiger partial charge is 0.444 e. The average Bonchev–Trinajstić information content (AvgIpc) is 2.27. The first-order valence-corrected chi connectivity index (χ1v) is 6.62. The Balaban J connectivity index is 2.36. The van der Waals surface area contributed by atoms with Crippen LogP contribution in [0.3, 0.4) is 0 Å². The minimum Gasteiger partial charge on any atom is -0.444 e. The van der Waals surface area contributed by atoms with Crippen LogP contribution in [0.5, 0.6) is 0 Å². The first-order chi connectivity index (χ1) is 8.42. The average molecular weight is 258 g/mol. The van der Waals surface area contributed by atoms with Gasteiger partial charge in [0.25, 0.3) is 0 Å². The maximum absolute atomic E-state index is 11.9. The van der Waals surface area contributed by atoms with Crippen LogP contribution in [0.1, 0.15) is 33.6 Å². The van der Waals surface area contributed by atoms with E-state index in [4.69, 9.17) is 9.47 Å². The molecule has 1 aliphatic heterocycles. The smallest absolute Gasteiger partial charge is 0.410 e. The summed E-state index contributed by atoms with van der Waals surface area (Å²) in [6, 6.07) is 0.349. The Hall–Kier alpha value is -0.810. The second kappa shape index (κ2) is 6.95. The van der Waals surface area contributed by atoms with Gasteiger partial charge in [-0.1, -0.05) is 0 Å². The van der Waals surface area contributed by atoms with Gasteiger partial charge in [-0.05, 0) is 33.6 Å². The molecule has 1 unspecified atom stereocenters. The van der Waals surface area contributed by atoms with Crippen molar-refractivity contribution in [2.75, 3.05) is 33.4 Å². The molecule has 5 nitrogen and oxygen atoms in total. The van der Waals surface area contributed by atoms with Crippen LogP contribution >= 0.6 is 0 Å². The van der Waals surface area contributed by atoms with Crippen molar-refractivity contribution >= 4 is 6.09 Å². The van der Waals surface area contributed by atoms with Crippen molar-refractivity contribution in [3.8, 4) is 0 Å². The number of piperazine rings is 1. The third-order valence-electron chi connectivity index (χ3n) is 2.81. The maximum atomic E-state index is 11.9. The van der Waals surface area contributed by atoms with E-state index in [1.807, 2.05) is 20.8 Å². The highest BCUT2D eigenvalue weighted by Gasteiger charge is 2.26. The first-order valence-electron chi connectivity index (χ1n) is 6.62. The monoisotopic (exact) mass is 258 g/mol. The van der Waals surface area contributed by atoms with Crippen LogP contribution in [-0.2, 0) is 9.47 Å². The van der Waals surface area contributed by atoms with Gasteiger partial charge in [0.2, 0.25) is 0 Å². The standard InChI is InChI=1S/C13H26N2O3/c1-13(2,3)18-12(16)15-8-7-14-11(10-15)6-5-9-17-4/h11,14H,5-10H2,1-4H3. The summed E-state index contributed by atoms with van der Waals surface area (Å²) >= 11 is 0. The van der Waals surface area contributed by atoms with Gasteiger partial charge in [0, 0.05) is 39.4 Å². The third-order valence-corrected chi connectivity index (χ3v) is 2.81. The minimum atomic E-state index is -0.423. The van der Waals surface area contributed by atoms with Gasteiger partial charge in [0.05, 0.1) is 0 Å². The van der Waals surface area contributed by atoms with Crippen molar-refractivity contribution in [1.82, 2.24) is 10.2 Å². The Bertz CT molecular complexity index is 263. The lowest BCUT2D eigenvalue weighted by atomic mass is 10.1. The molecule has 18 heavy (non-hydrogen) atoms. The quantitative estimate of drug-likeness (QED) is 0.779. The van der Waals surface area contributed by atoms with E-state index in [9.17, 15) is 4.79 Å². The van der Waals surface area contributed by atoms with Gasteiger partial charge >= 0.3 is 6.09 Å². The number of rotatable bonds is 4. The number of methoxy groups -OCH3 is 1. The van der Waals surface area contributed by atoms with E-state index in [1.165, 1.54) is 0 Å². The number of hydrogen-bond donors (Lipinski definition) is 1. The summed E-state index contributed by atoms with van der Waals surface area (Å²) in [5.41, 5.74) is -0.423. The second-order valence-corrected chi connectivity index (χ2v) is 5.71. The number of carbonyl (C=O) groups is 1. The number of amides is 1. The maximum Gasteiger partial charge on any atom is 0.410 e. The molecule has 0 radical (unpaired) electrons. The SMILES string of the molecule is COCCCC1CN(C(=O)OC(C)(C)C)CCN1. The van der Waals surface area contributed by atoms with E-state index < -0.39 is 5.60 Å². The molecule has 0 bridgehead atoms. The molecule has 106 valence electrons. The Morgan fingerprint density at radius 3 is 2.78 bits per heavy atom. The molecule has 0 aromatic rings. The number of ether oxygens (including phenoxy) is 2. The molecule has 1 fully saturated rings. The number of carbonyl (C=O) groups excluding carboxylic acids is 1. The highest BCUT2D eigenvalue weighted by Crippen LogP contribution is 2.12. The summed E-state index contributed by atoms with van der Waals surface area (Å²) in [6.07, 6.45) is 1.82. The minimum absolute atomic E-state index is 0.208. The fraction of sp³-hybridized carbons (Fsp3) is 0.923. The van der Waals surface area contributed by atoms with Gasteiger partial charge < -0.3 is 19.7 Å². The van der Waals surface area contributed by atoms with Crippen molar-refractivity contribution in [3.63, 3.8) is 0 Å². The Morgan fingerprint density at radius 2 is 2.17 bits per heavy atom. The van der Waals surface area contributed by atoms with Crippen LogP contribution in [0.15, 0.2) is 0 Å². The number of nitrogens with one attached hydrogen (secondary N) is 1. The van der Waals surface area contributed by atoms with E-state index in [1.54, 1.807) is 12.0 Å². The Kier molecular flexibility index (Phi) is 5.88.